The van der Waals surface area contributed by atoms with Crippen LogP contribution < -0.4 is 20.1 Å². The van der Waals surface area contributed by atoms with E-state index in [2.05, 4.69) is 20.5 Å². The number of fused-ring (bicyclic) bond motifs is 2. The Bertz CT molecular complexity index is 1400. The highest BCUT2D eigenvalue weighted by atomic mass is 16.6. The van der Waals surface area contributed by atoms with Gasteiger partial charge in [-0.1, -0.05) is 12.1 Å². The molecule has 2 aromatic heterocycles. The van der Waals surface area contributed by atoms with Crippen molar-refractivity contribution in [2.75, 3.05) is 43.5 Å². The fraction of sp³-hybridized carbons (Fsp3) is 0.296. The maximum absolute atomic E-state index is 12.4. The van der Waals surface area contributed by atoms with Crippen molar-refractivity contribution in [3.05, 3.63) is 60.7 Å². The summed E-state index contributed by atoms with van der Waals surface area (Å²) >= 11 is 0. The number of nitrogens with zero attached hydrogens (tertiary/aromatic N) is 4. The zero-order chi connectivity index (χ0) is 24.3. The van der Waals surface area contributed by atoms with Crippen molar-refractivity contribution in [1.82, 2.24) is 19.5 Å². The Morgan fingerprint density at radius 1 is 0.917 bits per heavy atom. The average Bonchev–Trinajstić information content (AvgIpc) is 3.57. The fourth-order valence-corrected chi connectivity index (χ4v) is 4.67. The second kappa shape index (κ2) is 9.87. The van der Waals surface area contributed by atoms with Gasteiger partial charge < -0.3 is 25.0 Å². The third-order valence-corrected chi connectivity index (χ3v) is 6.45. The van der Waals surface area contributed by atoms with E-state index in [1.165, 1.54) is 12.8 Å². The molecule has 2 aliphatic heterocycles. The molecule has 6 rings (SSSR count). The molecular formula is C27H28N6O3. The minimum absolute atomic E-state index is 0.0222. The van der Waals surface area contributed by atoms with E-state index in [0.717, 1.165) is 59.4 Å². The summed E-state index contributed by atoms with van der Waals surface area (Å²) in [5.41, 5.74) is 4.11. The number of amides is 1. The first-order chi connectivity index (χ1) is 17.7. The van der Waals surface area contributed by atoms with Gasteiger partial charge in [-0.05, 0) is 74.5 Å². The number of benzene rings is 2. The largest absolute Gasteiger partial charge is 0.486 e. The zero-order valence-electron chi connectivity index (χ0n) is 19.9. The van der Waals surface area contributed by atoms with Crippen molar-refractivity contribution in [2.45, 2.75) is 19.3 Å². The third kappa shape index (κ3) is 4.83. The SMILES string of the molecule is O=C(CCN1CCCC1)Nc1cccc(Nc2nc3cccc(-c4ccc5c(c4)OCCO5)n3n2)c1. The van der Waals surface area contributed by atoms with E-state index >= 15 is 0 Å². The summed E-state index contributed by atoms with van der Waals surface area (Å²) < 4.78 is 13.2. The summed E-state index contributed by atoms with van der Waals surface area (Å²) in [7, 11) is 0. The predicted molar refractivity (Wildman–Crippen MR) is 138 cm³/mol. The van der Waals surface area contributed by atoms with Crippen LogP contribution in [0.15, 0.2) is 60.7 Å². The molecule has 2 aromatic carbocycles. The Morgan fingerprint density at radius 3 is 2.61 bits per heavy atom. The summed E-state index contributed by atoms with van der Waals surface area (Å²) in [6.07, 6.45) is 2.95. The van der Waals surface area contributed by atoms with E-state index in [1.54, 1.807) is 4.52 Å². The van der Waals surface area contributed by atoms with Gasteiger partial charge in [0.05, 0.1) is 5.69 Å². The number of nitrogens with one attached hydrogen (secondary N) is 2. The molecule has 9 heteroatoms. The fourth-order valence-electron chi connectivity index (χ4n) is 4.67. The van der Waals surface area contributed by atoms with E-state index in [-0.39, 0.29) is 5.91 Å². The van der Waals surface area contributed by atoms with Crippen molar-refractivity contribution < 1.29 is 14.3 Å². The summed E-state index contributed by atoms with van der Waals surface area (Å²) in [4.78, 5) is 19.4. The number of hydrogen-bond acceptors (Lipinski definition) is 7. The van der Waals surface area contributed by atoms with Gasteiger partial charge in [-0.2, -0.15) is 4.98 Å². The van der Waals surface area contributed by atoms with E-state index in [9.17, 15) is 4.79 Å². The topological polar surface area (TPSA) is 93.0 Å². The number of rotatable bonds is 7. The summed E-state index contributed by atoms with van der Waals surface area (Å²) in [5.74, 6) is 1.97. The van der Waals surface area contributed by atoms with Crippen LogP contribution >= 0.6 is 0 Å². The Labute approximate surface area is 209 Å². The van der Waals surface area contributed by atoms with Crippen LogP contribution in [0.3, 0.4) is 0 Å². The first-order valence-corrected chi connectivity index (χ1v) is 12.4. The molecule has 0 aliphatic carbocycles. The minimum Gasteiger partial charge on any atom is -0.486 e. The van der Waals surface area contributed by atoms with Gasteiger partial charge in [0.1, 0.15) is 13.2 Å². The molecular weight excluding hydrogens is 456 g/mol. The van der Waals surface area contributed by atoms with Crippen LogP contribution in [0.25, 0.3) is 16.9 Å². The normalized spacial score (nSPS) is 15.2. The number of ether oxygens (including phenoxy) is 2. The van der Waals surface area contributed by atoms with Crippen LogP contribution in [0.4, 0.5) is 17.3 Å². The van der Waals surface area contributed by atoms with Crippen molar-refractivity contribution >= 4 is 28.9 Å². The molecule has 4 heterocycles. The molecule has 0 bridgehead atoms. The maximum atomic E-state index is 12.4. The van der Waals surface area contributed by atoms with Crippen LogP contribution in [-0.4, -0.2) is 58.3 Å². The van der Waals surface area contributed by atoms with Gasteiger partial charge in [0.2, 0.25) is 11.9 Å². The minimum atomic E-state index is 0.0222. The number of anilines is 3. The molecule has 2 aliphatic rings. The van der Waals surface area contributed by atoms with Crippen molar-refractivity contribution in [1.29, 1.82) is 0 Å². The van der Waals surface area contributed by atoms with Crippen LogP contribution in [0.2, 0.25) is 0 Å². The van der Waals surface area contributed by atoms with Gasteiger partial charge in [0.15, 0.2) is 17.1 Å². The molecule has 1 amide bonds. The van der Waals surface area contributed by atoms with Crippen molar-refractivity contribution in [3.63, 3.8) is 0 Å². The second-order valence-corrected chi connectivity index (χ2v) is 9.03. The van der Waals surface area contributed by atoms with Crippen LogP contribution in [0, 0.1) is 0 Å². The van der Waals surface area contributed by atoms with Crippen molar-refractivity contribution in [2.24, 2.45) is 0 Å². The van der Waals surface area contributed by atoms with Gasteiger partial charge >= 0.3 is 0 Å². The van der Waals surface area contributed by atoms with Crippen LogP contribution in [-0.2, 0) is 4.79 Å². The quantitative estimate of drug-likeness (QED) is 0.403. The first kappa shape index (κ1) is 22.4. The Morgan fingerprint density at radius 2 is 1.72 bits per heavy atom. The van der Waals surface area contributed by atoms with Gasteiger partial charge in [-0.3, -0.25) is 4.79 Å². The number of aromatic nitrogens is 3. The molecule has 1 saturated heterocycles. The van der Waals surface area contributed by atoms with E-state index in [1.807, 2.05) is 60.7 Å². The van der Waals surface area contributed by atoms with Gasteiger partial charge in [-0.15, -0.1) is 5.10 Å². The summed E-state index contributed by atoms with van der Waals surface area (Å²) in [6, 6.07) is 19.3. The Hall–Kier alpha value is -4.11. The zero-order valence-corrected chi connectivity index (χ0v) is 19.9. The molecule has 0 atom stereocenters. The second-order valence-electron chi connectivity index (χ2n) is 9.03. The van der Waals surface area contributed by atoms with Gasteiger partial charge in [-0.25, -0.2) is 4.52 Å². The maximum Gasteiger partial charge on any atom is 0.247 e. The third-order valence-electron chi connectivity index (χ3n) is 6.45. The highest BCUT2D eigenvalue weighted by Gasteiger charge is 2.16. The molecule has 0 spiro atoms. The van der Waals surface area contributed by atoms with Gasteiger partial charge in [0.25, 0.3) is 0 Å². The molecule has 36 heavy (non-hydrogen) atoms. The molecule has 184 valence electrons. The smallest absolute Gasteiger partial charge is 0.247 e. The van der Waals surface area contributed by atoms with E-state index in [0.29, 0.717) is 25.6 Å². The molecule has 2 N–H and O–H groups in total. The lowest BCUT2D eigenvalue weighted by Gasteiger charge is -2.19. The highest BCUT2D eigenvalue weighted by molar-refractivity contribution is 5.91. The molecule has 1 fully saturated rings. The number of carbonyl (C=O) groups is 1. The van der Waals surface area contributed by atoms with E-state index < -0.39 is 0 Å². The summed E-state index contributed by atoms with van der Waals surface area (Å²) in [5, 5.41) is 11.0. The first-order valence-electron chi connectivity index (χ1n) is 12.4. The van der Waals surface area contributed by atoms with Crippen molar-refractivity contribution in [3.8, 4) is 22.8 Å². The lowest BCUT2D eigenvalue weighted by atomic mass is 10.1. The monoisotopic (exact) mass is 484 g/mol. The lowest BCUT2D eigenvalue weighted by Crippen LogP contribution is -2.25. The van der Waals surface area contributed by atoms with Crippen LogP contribution in [0.1, 0.15) is 19.3 Å². The van der Waals surface area contributed by atoms with Crippen LogP contribution in [0.5, 0.6) is 11.5 Å². The molecule has 0 saturated carbocycles. The predicted octanol–water partition coefficient (Wildman–Crippen LogP) is 4.34. The lowest BCUT2D eigenvalue weighted by molar-refractivity contribution is -0.116. The Balaban J connectivity index is 1.17. The molecule has 9 nitrogen and oxygen atoms in total. The Kier molecular flexibility index (Phi) is 6.13. The number of pyridine rings is 1. The summed E-state index contributed by atoms with van der Waals surface area (Å²) in [6.45, 7) is 4.09. The number of likely N-dealkylation sites (tertiary alicyclic amines) is 1. The molecule has 4 aromatic rings. The van der Waals surface area contributed by atoms with E-state index in [4.69, 9.17) is 14.6 Å². The highest BCUT2D eigenvalue weighted by Crippen LogP contribution is 2.34. The number of hydrogen-bond donors (Lipinski definition) is 2. The molecule has 0 radical (unpaired) electrons. The average molecular weight is 485 g/mol. The molecule has 0 unspecified atom stereocenters. The standard InChI is InChI=1S/C27H28N6O3/c34-26(11-14-32-12-1-2-13-32)28-20-5-3-6-21(18-20)29-27-30-25-8-4-7-22(33(25)31-27)19-9-10-23-24(17-19)36-16-15-35-23/h3-10,17-18H,1-2,11-16H2,(H,28,34)(H,29,31). The number of carbonyl (C=O) groups excluding carboxylic acids is 1. The van der Waals surface area contributed by atoms with Gasteiger partial charge in [0, 0.05) is 29.9 Å².